The maximum atomic E-state index is 3.55. The van der Waals surface area contributed by atoms with E-state index in [9.17, 15) is 0 Å². The van der Waals surface area contributed by atoms with Crippen molar-refractivity contribution in [3.05, 3.63) is 29.8 Å². The number of nitrogens with one attached hydrogen (secondary N) is 1. The molecular formula is C14H23NS. The summed E-state index contributed by atoms with van der Waals surface area (Å²) >= 11 is 1.98. The van der Waals surface area contributed by atoms with Crippen LogP contribution in [0.15, 0.2) is 29.2 Å². The van der Waals surface area contributed by atoms with E-state index in [1.807, 2.05) is 11.8 Å². The van der Waals surface area contributed by atoms with Gasteiger partial charge in [-0.05, 0) is 36.8 Å². The molecular weight excluding hydrogens is 214 g/mol. The van der Waals surface area contributed by atoms with Crippen LogP contribution in [0.1, 0.15) is 45.2 Å². The molecule has 0 saturated heterocycles. The summed E-state index contributed by atoms with van der Waals surface area (Å²) in [6.07, 6.45) is 2.38. The Morgan fingerprint density at radius 1 is 1.19 bits per heavy atom. The van der Waals surface area contributed by atoms with Crippen molar-refractivity contribution in [1.29, 1.82) is 0 Å². The zero-order valence-electron chi connectivity index (χ0n) is 10.6. The van der Waals surface area contributed by atoms with E-state index in [2.05, 4.69) is 50.4 Å². The monoisotopic (exact) mass is 237 g/mol. The third-order valence-corrected chi connectivity index (χ3v) is 3.91. The Bertz CT molecular complexity index is 299. The molecule has 0 aliphatic carbocycles. The second kappa shape index (κ2) is 7.75. The lowest BCUT2D eigenvalue weighted by atomic mass is 10.0. The standard InChI is InChI=1S/C14H23NS/c1-4-11-16-14-10-8-7-9-12(14)13(5-2)15-6-3/h7-10,13,15H,4-6,11H2,1-3H3. The summed E-state index contributed by atoms with van der Waals surface area (Å²) in [5.41, 5.74) is 1.46. The lowest BCUT2D eigenvalue weighted by Gasteiger charge is -2.19. The highest BCUT2D eigenvalue weighted by molar-refractivity contribution is 7.99. The topological polar surface area (TPSA) is 12.0 Å². The first-order valence-electron chi connectivity index (χ1n) is 6.28. The number of hydrogen-bond acceptors (Lipinski definition) is 2. The largest absolute Gasteiger partial charge is 0.310 e. The minimum Gasteiger partial charge on any atom is -0.310 e. The Kier molecular flexibility index (Phi) is 6.58. The zero-order chi connectivity index (χ0) is 11.8. The van der Waals surface area contributed by atoms with Gasteiger partial charge in [-0.3, -0.25) is 0 Å². The summed E-state index contributed by atoms with van der Waals surface area (Å²) in [5, 5.41) is 3.55. The average molecular weight is 237 g/mol. The van der Waals surface area contributed by atoms with E-state index in [-0.39, 0.29) is 0 Å². The molecule has 1 rings (SSSR count). The normalized spacial score (nSPS) is 12.7. The van der Waals surface area contributed by atoms with Crippen LogP contribution in [0.5, 0.6) is 0 Å². The van der Waals surface area contributed by atoms with E-state index < -0.39 is 0 Å². The zero-order valence-corrected chi connectivity index (χ0v) is 11.4. The minimum absolute atomic E-state index is 0.505. The number of thioether (sulfide) groups is 1. The van der Waals surface area contributed by atoms with Gasteiger partial charge in [-0.15, -0.1) is 11.8 Å². The fourth-order valence-electron chi connectivity index (χ4n) is 1.83. The van der Waals surface area contributed by atoms with E-state index in [4.69, 9.17) is 0 Å². The van der Waals surface area contributed by atoms with Crippen LogP contribution in [0.25, 0.3) is 0 Å². The van der Waals surface area contributed by atoms with Crippen molar-refractivity contribution in [1.82, 2.24) is 5.32 Å². The molecule has 1 nitrogen and oxygen atoms in total. The Hall–Kier alpha value is -0.470. The fraction of sp³-hybridized carbons (Fsp3) is 0.571. The van der Waals surface area contributed by atoms with Crippen LogP contribution >= 0.6 is 11.8 Å². The van der Waals surface area contributed by atoms with E-state index in [1.54, 1.807) is 0 Å². The molecule has 2 heteroatoms. The quantitative estimate of drug-likeness (QED) is 0.712. The average Bonchev–Trinajstić information content (AvgIpc) is 2.34. The summed E-state index contributed by atoms with van der Waals surface area (Å²) in [5.74, 6) is 1.21. The van der Waals surface area contributed by atoms with Crippen molar-refractivity contribution < 1.29 is 0 Å². The van der Waals surface area contributed by atoms with Crippen molar-refractivity contribution in [2.45, 2.75) is 44.6 Å². The van der Waals surface area contributed by atoms with Gasteiger partial charge < -0.3 is 5.32 Å². The molecule has 1 atom stereocenters. The van der Waals surface area contributed by atoms with Gasteiger partial charge in [0, 0.05) is 10.9 Å². The van der Waals surface area contributed by atoms with Crippen molar-refractivity contribution in [2.75, 3.05) is 12.3 Å². The molecule has 1 unspecified atom stereocenters. The second-order valence-electron chi connectivity index (χ2n) is 3.90. The molecule has 0 radical (unpaired) electrons. The fourth-order valence-corrected chi connectivity index (χ4v) is 2.81. The van der Waals surface area contributed by atoms with Crippen molar-refractivity contribution in [3.8, 4) is 0 Å². The maximum Gasteiger partial charge on any atom is 0.0328 e. The molecule has 0 aliphatic heterocycles. The Balaban J connectivity index is 2.82. The summed E-state index contributed by atoms with van der Waals surface area (Å²) in [6, 6.07) is 9.29. The molecule has 0 amide bonds. The van der Waals surface area contributed by atoms with E-state index in [1.165, 1.54) is 22.6 Å². The van der Waals surface area contributed by atoms with E-state index in [0.717, 1.165) is 13.0 Å². The molecule has 0 aromatic heterocycles. The van der Waals surface area contributed by atoms with Crippen LogP contribution in [-0.4, -0.2) is 12.3 Å². The molecule has 1 aromatic rings. The summed E-state index contributed by atoms with van der Waals surface area (Å²) in [6.45, 7) is 7.68. The predicted molar refractivity (Wildman–Crippen MR) is 74.2 cm³/mol. The number of benzene rings is 1. The Morgan fingerprint density at radius 3 is 2.56 bits per heavy atom. The van der Waals surface area contributed by atoms with Gasteiger partial charge >= 0.3 is 0 Å². The summed E-state index contributed by atoms with van der Waals surface area (Å²) in [4.78, 5) is 1.44. The maximum absolute atomic E-state index is 3.55. The van der Waals surface area contributed by atoms with Gasteiger partial charge in [-0.1, -0.05) is 39.0 Å². The first kappa shape index (κ1) is 13.6. The Labute approximate surface area is 104 Å². The highest BCUT2D eigenvalue weighted by atomic mass is 32.2. The second-order valence-corrected chi connectivity index (χ2v) is 5.04. The molecule has 1 aromatic carbocycles. The SMILES string of the molecule is CCCSc1ccccc1C(CC)NCC. The predicted octanol–water partition coefficient (Wildman–Crippen LogP) is 4.25. The minimum atomic E-state index is 0.505. The van der Waals surface area contributed by atoms with Gasteiger partial charge in [0.1, 0.15) is 0 Å². The summed E-state index contributed by atoms with van der Waals surface area (Å²) < 4.78 is 0. The van der Waals surface area contributed by atoms with Crippen LogP contribution in [0.2, 0.25) is 0 Å². The van der Waals surface area contributed by atoms with Crippen molar-refractivity contribution in [3.63, 3.8) is 0 Å². The van der Waals surface area contributed by atoms with E-state index >= 15 is 0 Å². The molecule has 16 heavy (non-hydrogen) atoms. The molecule has 0 fully saturated rings. The molecule has 1 N–H and O–H groups in total. The van der Waals surface area contributed by atoms with Crippen LogP contribution < -0.4 is 5.32 Å². The molecule has 0 bridgehead atoms. The molecule has 0 aliphatic rings. The van der Waals surface area contributed by atoms with Crippen LogP contribution in [0.4, 0.5) is 0 Å². The first-order valence-corrected chi connectivity index (χ1v) is 7.27. The van der Waals surface area contributed by atoms with Crippen LogP contribution in [0.3, 0.4) is 0 Å². The van der Waals surface area contributed by atoms with Gasteiger partial charge in [0.05, 0.1) is 0 Å². The highest BCUT2D eigenvalue weighted by Gasteiger charge is 2.11. The molecule has 90 valence electrons. The van der Waals surface area contributed by atoms with Crippen molar-refractivity contribution >= 4 is 11.8 Å². The van der Waals surface area contributed by atoms with Gasteiger partial charge in [0.15, 0.2) is 0 Å². The van der Waals surface area contributed by atoms with E-state index in [0.29, 0.717) is 6.04 Å². The third-order valence-electron chi connectivity index (χ3n) is 2.61. The number of hydrogen-bond donors (Lipinski definition) is 1. The van der Waals surface area contributed by atoms with Gasteiger partial charge in [-0.25, -0.2) is 0 Å². The van der Waals surface area contributed by atoms with Gasteiger partial charge in [-0.2, -0.15) is 0 Å². The smallest absolute Gasteiger partial charge is 0.0328 e. The number of rotatable bonds is 7. The third kappa shape index (κ3) is 3.84. The Morgan fingerprint density at radius 2 is 1.94 bits per heavy atom. The molecule has 0 heterocycles. The summed E-state index contributed by atoms with van der Waals surface area (Å²) in [7, 11) is 0. The van der Waals surface area contributed by atoms with Crippen molar-refractivity contribution in [2.24, 2.45) is 0 Å². The highest BCUT2D eigenvalue weighted by Crippen LogP contribution is 2.29. The van der Waals surface area contributed by atoms with Crippen LogP contribution in [-0.2, 0) is 0 Å². The van der Waals surface area contributed by atoms with Gasteiger partial charge in [0.25, 0.3) is 0 Å². The lowest BCUT2D eigenvalue weighted by Crippen LogP contribution is -2.20. The molecule has 0 spiro atoms. The lowest BCUT2D eigenvalue weighted by molar-refractivity contribution is 0.530. The molecule has 0 saturated carbocycles. The van der Waals surface area contributed by atoms with Gasteiger partial charge in [0.2, 0.25) is 0 Å². The van der Waals surface area contributed by atoms with Crippen LogP contribution in [0, 0.1) is 0 Å². The first-order chi connectivity index (χ1) is 7.83.